The minimum absolute atomic E-state index is 0.131. The van der Waals surface area contributed by atoms with Gasteiger partial charge in [0.25, 0.3) is 0 Å². The predicted octanol–water partition coefficient (Wildman–Crippen LogP) is 4.57. The third-order valence-corrected chi connectivity index (χ3v) is 3.76. The molecule has 2 aromatic heterocycles. The van der Waals surface area contributed by atoms with Gasteiger partial charge in [0, 0.05) is 5.56 Å². The SMILES string of the molecule is O=C(Nc1oc(-c2ccccc2)nc1-c1cccs1)C(F)(F)F. The highest BCUT2D eigenvalue weighted by atomic mass is 32.1. The Morgan fingerprint density at radius 1 is 1.13 bits per heavy atom. The molecule has 0 radical (unpaired) electrons. The number of rotatable bonds is 3. The van der Waals surface area contributed by atoms with E-state index in [-0.39, 0.29) is 17.5 Å². The molecule has 1 N–H and O–H groups in total. The molecule has 0 saturated carbocycles. The fourth-order valence-electron chi connectivity index (χ4n) is 1.86. The molecule has 118 valence electrons. The molecule has 0 aliphatic rings. The van der Waals surface area contributed by atoms with E-state index in [0.717, 1.165) is 0 Å². The minimum atomic E-state index is -5.01. The van der Waals surface area contributed by atoms with Crippen LogP contribution in [-0.4, -0.2) is 17.1 Å². The monoisotopic (exact) mass is 338 g/mol. The summed E-state index contributed by atoms with van der Waals surface area (Å²) >= 11 is 1.28. The second kappa shape index (κ2) is 5.88. The fraction of sp³-hybridized carbons (Fsp3) is 0.0667. The van der Waals surface area contributed by atoms with Crippen LogP contribution in [0.1, 0.15) is 0 Å². The lowest BCUT2D eigenvalue weighted by atomic mass is 10.2. The van der Waals surface area contributed by atoms with E-state index in [9.17, 15) is 18.0 Å². The van der Waals surface area contributed by atoms with Crippen molar-refractivity contribution in [2.45, 2.75) is 6.18 Å². The molecule has 0 aliphatic carbocycles. The normalized spacial score (nSPS) is 11.4. The average Bonchev–Trinajstić information content (AvgIpc) is 3.16. The van der Waals surface area contributed by atoms with Crippen LogP contribution in [0.3, 0.4) is 0 Å². The molecule has 2 heterocycles. The van der Waals surface area contributed by atoms with E-state index >= 15 is 0 Å². The molecule has 8 heteroatoms. The van der Waals surface area contributed by atoms with E-state index in [2.05, 4.69) is 4.98 Å². The van der Waals surface area contributed by atoms with Crippen LogP contribution in [0.2, 0.25) is 0 Å². The Morgan fingerprint density at radius 3 is 2.48 bits per heavy atom. The lowest BCUT2D eigenvalue weighted by Gasteiger charge is -2.05. The van der Waals surface area contributed by atoms with E-state index in [1.807, 2.05) is 0 Å². The largest absolute Gasteiger partial charge is 0.471 e. The van der Waals surface area contributed by atoms with Gasteiger partial charge in [-0.2, -0.15) is 13.2 Å². The summed E-state index contributed by atoms with van der Waals surface area (Å²) < 4.78 is 42.8. The number of carbonyl (C=O) groups excluding carboxylic acids is 1. The summed E-state index contributed by atoms with van der Waals surface area (Å²) in [4.78, 5) is 16.0. The van der Waals surface area contributed by atoms with Gasteiger partial charge in [-0.15, -0.1) is 11.3 Å². The van der Waals surface area contributed by atoms with E-state index in [4.69, 9.17) is 4.42 Å². The summed E-state index contributed by atoms with van der Waals surface area (Å²) in [5.74, 6) is -2.30. The van der Waals surface area contributed by atoms with Crippen molar-refractivity contribution >= 4 is 23.1 Å². The van der Waals surface area contributed by atoms with Crippen molar-refractivity contribution in [2.24, 2.45) is 0 Å². The molecule has 4 nitrogen and oxygen atoms in total. The number of thiophene rings is 1. The van der Waals surface area contributed by atoms with Crippen LogP contribution in [-0.2, 0) is 4.79 Å². The quantitative estimate of drug-likeness (QED) is 0.761. The van der Waals surface area contributed by atoms with Gasteiger partial charge in [-0.1, -0.05) is 24.3 Å². The van der Waals surface area contributed by atoms with Crippen LogP contribution < -0.4 is 5.32 Å². The van der Waals surface area contributed by atoms with E-state index in [0.29, 0.717) is 10.4 Å². The third kappa shape index (κ3) is 3.26. The molecular formula is C15H9F3N2O2S. The van der Waals surface area contributed by atoms with Gasteiger partial charge in [-0.3, -0.25) is 10.1 Å². The first-order chi connectivity index (χ1) is 10.9. The van der Waals surface area contributed by atoms with Gasteiger partial charge in [0.15, 0.2) is 0 Å². The van der Waals surface area contributed by atoms with Crippen LogP contribution in [0, 0.1) is 0 Å². The first kappa shape index (κ1) is 15.3. The maximum Gasteiger partial charge on any atom is 0.471 e. The van der Waals surface area contributed by atoms with Gasteiger partial charge in [0.1, 0.15) is 5.69 Å². The second-order valence-electron chi connectivity index (χ2n) is 4.49. The Balaban J connectivity index is 2.03. The van der Waals surface area contributed by atoms with Crippen molar-refractivity contribution < 1.29 is 22.4 Å². The van der Waals surface area contributed by atoms with E-state index in [1.165, 1.54) is 11.3 Å². The summed E-state index contributed by atoms with van der Waals surface area (Å²) in [5, 5.41) is 3.49. The highest BCUT2D eigenvalue weighted by molar-refractivity contribution is 7.13. The van der Waals surface area contributed by atoms with Crippen LogP contribution in [0.5, 0.6) is 0 Å². The van der Waals surface area contributed by atoms with Crippen LogP contribution >= 0.6 is 11.3 Å². The van der Waals surface area contributed by atoms with Crippen molar-refractivity contribution in [2.75, 3.05) is 5.32 Å². The average molecular weight is 338 g/mol. The number of alkyl halides is 3. The zero-order valence-corrected chi connectivity index (χ0v) is 12.2. The third-order valence-electron chi connectivity index (χ3n) is 2.89. The smallest absolute Gasteiger partial charge is 0.420 e. The molecule has 0 spiro atoms. The zero-order valence-electron chi connectivity index (χ0n) is 11.4. The van der Waals surface area contributed by atoms with Crippen LogP contribution in [0.15, 0.2) is 52.3 Å². The molecule has 0 bridgehead atoms. The van der Waals surface area contributed by atoms with Crippen molar-refractivity contribution in [1.82, 2.24) is 4.98 Å². The molecule has 0 saturated heterocycles. The van der Waals surface area contributed by atoms with Crippen molar-refractivity contribution in [3.05, 3.63) is 47.8 Å². The Hall–Kier alpha value is -2.61. The number of halogens is 3. The molecular weight excluding hydrogens is 329 g/mol. The Morgan fingerprint density at radius 2 is 1.87 bits per heavy atom. The number of anilines is 1. The van der Waals surface area contributed by atoms with Gasteiger partial charge >= 0.3 is 12.1 Å². The minimum Gasteiger partial charge on any atom is -0.420 e. The highest BCUT2D eigenvalue weighted by Gasteiger charge is 2.40. The molecule has 0 fully saturated rings. The van der Waals surface area contributed by atoms with Gasteiger partial charge in [-0.25, -0.2) is 4.98 Å². The van der Waals surface area contributed by atoms with Crippen LogP contribution in [0.4, 0.5) is 19.1 Å². The predicted molar refractivity (Wildman–Crippen MR) is 79.9 cm³/mol. The van der Waals surface area contributed by atoms with Gasteiger partial charge < -0.3 is 4.42 Å². The number of benzene rings is 1. The number of nitrogens with one attached hydrogen (secondary N) is 1. The number of hydrogen-bond donors (Lipinski definition) is 1. The lowest BCUT2D eigenvalue weighted by Crippen LogP contribution is -2.29. The molecule has 1 amide bonds. The molecule has 1 aromatic carbocycles. The van der Waals surface area contributed by atoms with Crippen molar-refractivity contribution in [3.8, 4) is 22.0 Å². The molecule has 3 aromatic rings. The van der Waals surface area contributed by atoms with Crippen LogP contribution in [0.25, 0.3) is 22.0 Å². The molecule has 0 aliphatic heterocycles. The van der Waals surface area contributed by atoms with Crippen molar-refractivity contribution in [3.63, 3.8) is 0 Å². The maximum absolute atomic E-state index is 12.5. The Labute approximate surface area is 132 Å². The molecule has 0 atom stereocenters. The maximum atomic E-state index is 12.5. The van der Waals surface area contributed by atoms with Gasteiger partial charge in [-0.05, 0) is 23.6 Å². The topological polar surface area (TPSA) is 55.1 Å². The number of aromatic nitrogens is 1. The molecule has 23 heavy (non-hydrogen) atoms. The number of oxazole rings is 1. The first-order valence-electron chi connectivity index (χ1n) is 6.43. The molecule has 0 unspecified atom stereocenters. The standard InChI is InChI=1S/C15H9F3N2O2S/c16-15(17,18)14(21)20-13-11(10-7-4-8-23-10)19-12(22-13)9-5-2-1-3-6-9/h1-8H,(H,20,21). The lowest BCUT2D eigenvalue weighted by molar-refractivity contribution is -0.167. The first-order valence-corrected chi connectivity index (χ1v) is 7.31. The zero-order chi connectivity index (χ0) is 16.4. The van der Waals surface area contributed by atoms with E-state index < -0.39 is 12.1 Å². The van der Waals surface area contributed by atoms with E-state index in [1.54, 1.807) is 53.2 Å². The number of amides is 1. The Kier molecular flexibility index (Phi) is 3.91. The van der Waals surface area contributed by atoms with Gasteiger partial charge in [0.05, 0.1) is 4.88 Å². The van der Waals surface area contributed by atoms with Crippen molar-refractivity contribution in [1.29, 1.82) is 0 Å². The summed E-state index contributed by atoms with van der Waals surface area (Å²) in [5.41, 5.74) is 0.759. The summed E-state index contributed by atoms with van der Waals surface area (Å²) in [6.07, 6.45) is -5.01. The summed E-state index contributed by atoms with van der Waals surface area (Å²) in [6.45, 7) is 0. The number of nitrogens with zero attached hydrogens (tertiary/aromatic N) is 1. The second-order valence-corrected chi connectivity index (χ2v) is 5.44. The van der Waals surface area contributed by atoms with Gasteiger partial charge in [0.2, 0.25) is 11.8 Å². The number of hydrogen-bond acceptors (Lipinski definition) is 4. The number of carbonyl (C=O) groups is 1. The fourth-order valence-corrected chi connectivity index (χ4v) is 2.57. The summed E-state index contributed by atoms with van der Waals surface area (Å²) in [6, 6.07) is 12.1. The summed E-state index contributed by atoms with van der Waals surface area (Å²) in [7, 11) is 0. The molecule has 3 rings (SSSR count). The highest BCUT2D eigenvalue weighted by Crippen LogP contribution is 2.35. The Bertz CT molecular complexity index is 811.